The predicted octanol–water partition coefficient (Wildman–Crippen LogP) is 2.12. The average Bonchev–Trinajstić information content (AvgIpc) is 2.97. The number of nitrogens with one attached hydrogen (secondary N) is 1. The van der Waals surface area contributed by atoms with Crippen molar-refractivity contribution in [3.05, 3.63) is 11.6 Å². The molecule has 0 bridgehead atoms. The Morgan fingerprint density at radius 2 is 1.81 bits per heavy atom. The van der Waals surface area contributed by atoms with Gasteiger partial charge in [-0.3, -0.25) is 9.89 Å². The minimum Gasteiger partial charge on any atom is -0.336 e. The molecule has 0 fully saturated rings. The van der Waals surface area contributed by atoms with Gasteiger partial charge in [0.2, 0.25) is 5.82 Å². The van der Waals surface area contributed by atoms with E-state index in [4.69, 9.17) is 0 Å². The largest absolute Gasteiger partial charge is 0.336 e. The van der Waals surface area contributed by atoms with E-state index in [0.717, 1.165) is 38.4 Å². The van der Waals surface area contributed by atoms with Crippen LogP contribution in [0.25, 0.3) is 0 Å². The monoisotopic (exact) mass is 295 g/mol. The second-order valence-corrected chi connectivity index (χ2v) is 5.46. The first kappa shape index (κ1) is 17.6. The molecule has 1 amide bonds. The Bertz CT molecular complexity index is 425. The maximum absolute atomic E-state index is 12.4. The zero-order valence-corrected chi connectivity index (χ0v) is 14.0. The van der Waals surface area contributed by atoms with Crippen molar-refractivity contribution in [1.29, 1.82) is 0 Å². The Balaban J connectivity index is 2.56. The zero-order valence-electron chi connectivity index (χ0n) is 14.0. The molecule has 0 aromatic carbocycles. The smallest absolute Gasteiger partial charge is 0.293 e. The first-order chi connectivity index (χ1) is 10.0. The summed E-state index contributed by atoms with van der Waals surface area (Å²) in [5.74, 6) is 1.21. The molecule has 6 nitrogen and oxygen atoms in total. The van der Waals surface area contributed by atoms with Crippen molar-refractivity contribution in [2.24, 2.45) is 0 Å². The van der Waals surface area contributed by atoms with Gasteiger partial charge in [0.05, 0.1) is 0 Å². The molecule has 1 aromatic heterocycles. The highest BCUT2D eigenvalue weighted by Gasteiger charge is 2.19. The van der Waals surface area contributed by atoms with Crippen molar-refractivity contribution in [3.63, 3.8) is 0 Å². The van der Waals surface area contributed by atoms with Crippen molar-refractivity contribution in [3.8, 4) is 0 Å². The predicted molar refractivity (Wildman–Crippen MR) is 84.5 cm³/mol. The van der Waals surface area contributed by atoms with E-state index in [2.05, 4.69) is 33.9 Å². The maximum Gasteiger partial charge on any atom is 0.293 e. The lowest BCUT2D eigenvalue weighted by atomic mass is 10.2. The summed E-state index contributed by atoms with van der Waals surface area (Å²) < 4.78 is 0. The third-order valence-electron chi connectivity index (χ3n) is 3.71. The van der Waals surface area contributed by atoms with Crippen molar-refractivity contribution < 1.29 is 4.79 Å². The first-order valence-electron chi connectivity index (χ1n) is 7.97. The van der Waals surface area contributed by atoms with E-state index in [1.165, 1.54) is 0 Å². The molecular formula is C15H29N5O. The maximum atomic E-state index is 12.4. The normalized spacial score (nSPS) is 11.4. The lowest BCUT2D eigenvalue weighted by Gasteiger charge is -2.22. The molecule has 0 saturated carbocycles. The van der Waals surface area contributed by atoms with Gasteiger partial charge in [0.25, 0.3) is 5.91 Å². The molecule has 1 N–H and O–H groups in total. The van der Waals surface area contributed by atoms with E-state index < -0.39 is 0 Å². The van der Waals surface area contributed by atoms with Gasteiger partial charge in [0, 0.05) is 19.0 Å². The molecule has 21 heavy (non-hydrogen) atoms. The fourth-order valence-corrected chi connectivity index (χ4v) is 2.20. The number of nitrogens with zero attached hydrogens (tertiary/aromatic N) is 4. The summed E-state index contributed by atoms with van der Waals surface area (Å²) in [6.07, 6.45) is 0.975. The van der Waals surface area contributed by atoms with Crippen LogP contribution in [-0.2, 0) is 0 Å². The van der Waals surface area contributed by atoms with Crippen LogP contribution >= 0.6 is 0 Å². The summed E-state index contributed by atoms with van der Waals surface area (Å²) in [4.78, 5) is 20.9. The molecule has 6 heteroatoms. The summed E-state index contributed by atoms with van der Waals surface area (Å²) >= 11 is 0. The molecule has 1 heterocycles. The van der Waals surface area contributed by atoms with Gasteiger partial charge in [-0.1, -0.05) is 27.7 Å². The van der Waals surface area contributed by atoms with Crippen LogP contribution in [0.5, 0.6) is 0 Å². The molecule has 0 unspecified atom stereocenters. The summed E-state index contributed by atoms with van der Waals surface area (Å²) in [5.41, 5.74) is 0. The Labute approximate surface area is 127 Å². The highest BCUT2D eigenvalue weighted by Crippen LogP contribution is 2.09. The van der Waals surface area contributed by atoms with Crippen LogP contribution in [0, 0.1) is 0 Å². The van der Waals surface area contributed by atoms with E-state index in [9.17, 15) is 4.79 Å². The highest BCUT2D eigenvalue weighted by molar-refractivity contribution is 5.90. The Hall–Kier alpha value is -1.43. The molecule has 0 atom stereocenters. The van der Waals surface area contributed by atoms with Gasteiger partial charge in [-0.25, -0.2) is 4.98 Å². The molecule has 0 radical (unpaired) electrons. The van der Waals surface area contributed by atoms with Crippen molar-refractivity contribution >= 4 is 5.91 Å². The molecule has 0 aliphatic carbocycles. The van der Waals surface area contributed by atoms with E-state index in [-0.39, 0.29) is 17.6 Å². The fraction of sp³-hybridized carbons (Fsp3) is 0.800. The van der Waals surface area contributed by atoms with Crippen LogP contribution in [0.15, 0.2) is 0 Å². The van der Waals surface area contributed by atoms with Crippen molar-refractivity contribution in [2.75, 3.05) is 32.7 Å². The van der Waals surface area contributed by atoms with Crippen molar-refractivity contribution in [1.82, 2.24) is 25.0 Å². The number of aromatic nitrogens is 3. The van der Waals surface area contributed by atoms with Crippen LogP contribution in [0.2, 0.25) is 0 Å². The van der Waals surface area contributed by atoms with E-state index in [1.807, 2.05) is 25.7 Å². The van der Waals surface area contributed by atoms with Crippen LogP contribution in [-0.4, -0.2) is 63.6 Å². The van der Waals surface area contributed by atoms with Crippen LogP contribution in [0.1, 0.15) is 63.4 Å². The number of aromatic amines is 1. The summed E-state index contributed by atoms with van der Waals surface area (Å²) in [6, 6.07) is 0. The van der Waals surface area contributed by atoms with E-state index in [0.29, 0.717) is 6.54 Å². The summed E-state index contributed by atoms with van der Waals surface area (Å²) in [6.45, 7) is 14.9. The van der Waals surface area contributed by atoms with Gasteiger partial charge in [0.15, 0.2) is 0 Å². The minimum absolute atomic E-state index is 0.0832. The second kappa shape index (κ2) is 8.77. The number of rotatable bonds is 9. The lowest BCUT2D eigenvalue weighted by Crippen LogP contribution is -2.35. The standard InChI is InChI=1S/C15H29N5O/c1-6-19(7-2)10-9-11-20(8-3)15(21)14-16-13(12(4)5)17-18-14/h12H,6-11H2,1-5H3,(H,16,17,18). The van der Waals surface area contributed by atoms with E-state index >= 15 is 0 Å². The zero-order chi connectivity index (χ0) is 15.8. The number of carbonyl (C=O) groups is 1. The third kappa shape index (κ3) is 5.12. The SMILES string of the molecule is CCN(CC)CCCN(CC)C(=O)c1n[nH]c(C(C)C)n1. The molecule has 0 saturated heterocycles. The number of amides is 1. The first-order valence-corrected chi connectivity index (χ1v) is 7.97. The van der Waals surface area contributed by atoms with Gasteiger partial charge < -0.3 is 9.80 Å². The molecule has 0 aliphatic heterocycles. The second-order valence-electron chi connectivity index (χ2n) is 5.46. The molecule has 0 aliphatic rings. The number of hydrogen-bond acceptors (Lipinski definition) is 4. The summed E-state index contributed by atoms with van der Waals surface area (Å²) in [7, 11) is 0. The fourth-order valence-electron chi connectivity index (χ4n) is 2.20. The number of hydrogen-bond donors (Lipinski definition) is 1. The van der Waals surface area contributed by atoms with Gasteiger partial charge in [-0.15, -0.1) is 5.10 Å². The average molecular weight is 295 g/mol. The topological polar surface area (TPSA) is 65.1 Å². The Kier molecular flexibility index (Phi) is 7.36. The van der Waals surface area contributed by atoms with Crippen LogP contribution in [0.4, 0.5) is 0 Å². The summed E-state index contributed by atoms with van der Waals surface area (Å²) in [5, 5.41) is 6.88. The highest BCUT2D eigenvalue weighted by atomic mass is 16.2. The number of H-pyrrole nitrogens is 1. The van der Waals surface area contributed by atoms with Crippen molar-refractivity contribution in [2.45, 2.75) is 47.0 Å². The minimum atomic E-state index is -0.0832. The van der Waals surface area contributed by atoms with E-state index in [1.54, 1.807) is 0 Å². The molecule has 1 aromatic rings. The third-order valence-corrected chi connectivity index (χ3v) is 3.71. The van der Waals surface area contributed by atoms with Gasteiger partial charge in [0.1, 0.15) is 5.82 Å². The molecule has 120 valence electrons. The lowest BCUT2D eigenvalue weighted by molar-refractivity contribution is 0.0745. The quantitative estimate of drug-likeness (QED) is 0.758. The van der Waals surface area contributed by atoms with Gasteiger partial charge >= 0.3 is 0 Å². The van der Waals surface area contributed by atoms with Crippen LogP contribution < -0.4 is 0 Å². The molecule has 0 spiro atoms. The molecule has 1 rings (SSSR count). The Morgan fingerprint density at radius 1 is 1.14 bits per heavy atom. The van der Waals surface area contributed by atoms with Crippen LogP contribution in [0.3, 0.4) is 0 Å². The van der Waals surface area contributed by atoms with Gasteiger partial charge in [-0.2, -0.15) is 0 Å². The number of carbonyl (C=O) groups excluding carboxylic acids is 1. The Morgan fingerprint density at radius 3 is 2.29 bits per heavy atom. The molecular weight excluding hydrogens is 266 g/mol. The van der Waals surface area contributed by atoms with Gasteiger partial charge in [-0.05, 0) is 33.0 Å².